The summed E-state index contributed by atoms with van der Waals surface area (Å²) in [5.41, 5.74) is 1.80. The maximum absolute atomic E-state index is 12.4. The highest BCUT2D eigenvalue weighted by Crippen LogP contribution is 2.22. The number of hydrogen-bond acceptors (Lipinski definition) is 6. The second-order valence-corrected chi connectivity index (χ2v) is 5.93. The number of carbonyl (C=O) groups is 1. The van der Waals surface area contributed by atoms with Crippen LogP contribution < -0.4 is 5.32 Å². The first-order valence-corrected chi connectivity index (χ1v) is 7.93. The fraction of sp³-hybridized carbons (Fsp3) is 0.235. The van der Waals surface area contributed by atoms with Crippen LogP contribution in [0.3, 0.4) is 0 Å². The van der Waals surface area contributed by atoms with Gasteiger partial charge in [0, 0.05) is 49.6 Å². The first-order chi connectivity index (χ1) is 12.2. The van der Waals surface area contributed by atoms with Crippen molar-refractivity contribution in [3.05, 3.63) is 43.1 Å². The third kappa shape index (κ3) is 2.99. The van der Waals surface area contributed by atoms with Gasteiger partial charge < -0.3 is 10.2 Å². The van der Waals surface area contributed by atoms with Crippen molar-refractivity contribution in [2.45, 2.75) is 6.42 Å². The second-order valence-electron chi connectivity index (χ2n) is 5.93. The number of imidazole rings is 1. The molecule has 1 unspecified atom stereocenters. The lowest BCUT2D eigenvalue weighted by molar-refractivity contribution is -0.119. The average Bonchev–Trinajstić information content (AvgIpc) is 3.30. The summed E-state index contributed by atoms with van der Waals surface area (Å²) < 4.78 is 1.84. The largest absolute Gasteiger partial charge is 0.310 e. The van der Waals surface area contributed by atoms with Crippen LogP contribution in [0.4, 0.5) is 5.82 Å². The Morgan fingerprint density at radius 1 is 1.28 bits per heavy atom. The van der Waals surface area contributed by atoms with E-state index in [9.17, 15) is 4.79 Å². The molecule has 0 saturated carbocycles. The van der Waals surface area contributed by atoms with Crippen LogP contribution in [0.15, 0.2) is 43.1 Å². The van der Waals surface area contributed by atoms with E-state index < -0.39 is 0 Å². The molecule has 3 aromatic heterocycles. The predicted molar refractivity (Wildman–Crippen MR) is 90.1 cm³/mol. The number of likely N-dealkylation sites (tertiary alicyclic amines) is 1. The van der Waals surface area contributed by atoms with Crippen LogP contribution >= 0.6 is 0 Å². The molecule has 1 fully saturated rings. The molecule has 0 aromatic carbocycles. The Bertz CT molecular complexity index is 974. The molecule has 8 nitrogen and oxygen atoms in total. The third-order valence-electron chi connectivity index (χ3n) is 4.29. The number of hydrogen-bond donors (Lipinski definition) is 1. The summed E-state index contributed by atoms with van der Waals surface area (Å²) in [6, 6.07) is 3.68. The summed E-state index contributed by atoms with van der Waals surface area (Å²) >= 11 is 0. The molecule has 0 bridgehead atoms. The van der Waals surface area contributed by atoms with Crippen LogP contribution in [0, 0.1) is 17.4 Å². The van der Waals surface area contributed by atoms with Crippen molar-refractivity contribution >= 4 is 17.5 Å². The fourth-order valence-electron chi connectivity index (χ4n) is 2.94. The maximum atomic E-state index is 12.4. The van der Waals surface area contributed by atoms with Gasteiger partial charge in [0.25, 0.3) is 0 Å². The summed E-state index contributed by atoms with van der Waals surface area (Å²) in [4.78, 5) is 26.6. The highest BCUT2D eigenvalue weighted by atomic mass is 16.2. The van der Waals surface area contributed by atoms with E-state index in [0.29, 0.717) is 31.1 Å². The van der Waals surface area contributed by atoms with E-state index in [2.05, 4.69) is 26.5 Å². The van der Waals surface area contributed by atoms with Gasteiger partial charge in [-0.1, -0.05) is 0 Å². The van der Waals surface area contributed by atoms with Crippen LogP contribution in [-0.4, -0.2) is 43.2 Å². The SMILES string of the molecule is N#CN1CCC(C(=O)Nc2cc(-c3cnc4nccn4c3)ccn2)C1. The molecule has 1 saturated heterocycles. The molecule has 1 atom stereocenters. The smallest absolute Gasteiger partial charge is 0.233 e. The standard InChI is InChI=1S/C17H15N7O/c18-11-23-5-2-13(9-23)16(25)22-15-7-12(1-3-19-15)14-8-21-17-20-4-6-24(17)10-14/h1,3-4,6-8,10,13H,2,5,9H2,(H,19,22,25). The van der Waals surface area contributed by atoms with Gasteiger partial charge in [0.05, 0.1) is 5.92 Å². The molecule has 1 amide bonds. The van der Waals surface area contributed by atoms with Crippen molar-refractivity contribution in [2.24, 2.45) is 5.92 Å². The fourth-order valence-corrected chi connectivity index (χ4v) is 2.94. The molecule has 1 aliphatic rings. The van der Waals surface area contributed by atoms with Gasteiger partial charge in [0.2, 0.25) is 11.7 Å². The van der Waals surface area contributed by atoms with E-state index in [1.54, 1.807) is 23.5 Å². The van der Waals surface area contributed by atoms with Crippen molar-refractivity contribution in [3.8, 4) is 17.3 Å². The van der Waals surface area contributed by atoms with E-state index >= 15 is 0 Å². The zero-order chi connectivity index (χ0) is 17.2. The van der Waals surface area contributed by atoms with Crippen molar-refractivity contribution in [2.75, 3.05) is 18.4 Å². The maximum Gasteiger partial charge on any atom is 0.233 e. The van der Waals surface area contributed by atoms with Crippen LogP contribution in [0.1, 0.15) is 6.42 Å². The van der Waals surface area contributed by atoms with Gasteiger partial charge in [0.1, 0.15) is 5.82 Å². The molecule has 25 heavy (non-hydrogen) atoms. The number of nitrogens with zero attached hydrogens (tertiary/aromatic N) is 6. The first kappa shape index (κ1) is 15.1. The molecule has 1 N–H and O–H groups in total. The number of pyridine rings is 1. The van der Waals surface area contributed by atoms with E-state index in [1.807, 2.05) is 28.9 Å². The summed E-state index contributed by atoms with van der Waals surface area (Å²) in [5.74, 6) is 0.831. The zero-order valence-electron chi connectivity index (χ0n) is 13.3. The highest BCUT2D eigenvalue weighted by molar-refractivity contribution is 5.92. The van der Waals surface area contributed by atoms with Gasteiger partial charge in [0.15, 0.2) is 6.19 Å². The molecular weight excluding hydrogens is 318 g/mol. The Hall–Kier alpha value is -3.47. The van der Waals surface area contributed by atoms with Gasteiger partial charge in [-0.3, -0.25) is 9.20 Å². The zero-order valence-corrected chi connectivity index (χ0v) is 13.3. The Morgan fingerprint density at radius 3 is 3.04 bits per heavy atom. The molecule has 1 aliphatic heterocycles. The lowest BCUT2D eigenvalue weighted by atomic mass is 10.1. The van der Waals surface area contributed by atoms with Crippen molar-refractivity contribution in [1.82, 2.24) is 24.3 Å². The normalized spacial score (nSPS) is 16.8. The van der Waals surface area contributed by atoms with E-state index in [0.717, 1.165) is 11.1 Å². The quantitative estimate of drug-likeness (QED) is 0.730. The average molecular weight is 333 g/mol. The molecular formula is C17H15N7O. The summed E-state index contributed by atoms with van der Waals surface area (Å²) in [7, 11) is 0. The summed E-state index contributed by atoms with van der Waals surface area (Å²) in [6.45, 7) is 1.09. The number of nitriles is 1. The number of carbonyl (C=O) groups excluding carboxylic acids is 1. The molecule has 124 valence electrons. The minimum atomic E-state index is -0.186. The van der Waals surface area contributed by atoms with Crippen LogP contribution in [0.2, 0.25) is 0 Å². The van der Waals surface area contributed by atoms with Crippen LogP contribution in [-0.2, 0) is 4.79 Å². The molecule has 4 heterocycles. The van der Waals surface area contributed by atoms with Gasteiger partial charge >= 0.3 is 0 Å². The Labute approximate surface area is 143 Å². The van der Waals surface area contributed by atoms with Crippen molar-refractivity contribution in [1.29, 1.82) is 5.26 Å². The van der Waals surface area contributed by atoms with Crippen LogP contribution in [0.5, 0.6) is 0 Å². The predicted octanol–water partition coefficient (Wildman–Crippen LogP) is 1.53. The molecule has 4 rings (SSSR count). The number of fused-ring (bicyclic) bond motifs is 1. The lowest BCUT2D eigenvalue weighted by Gasteiger charge is -2.11. The van der Waals surface area contributed by atoms with Gasteiger partial charge in [-0.2, -0.15) is 5.26 Å². The van der Waals surface area contributed by atoms with E-state index in [1.165, 1.54) is 0 Å². The summed E-state index contributed by atoms with van der Waals surface area (Å²) in [5, 5.41) is 11.7. The monoisotopic (exact) mass is 333 g/mol. The Morgan fingerprint density at radius 2 is 2.20 bits per heavy atom. The minimum absolute atomic E-state index is 0.106. The summed E-state index contributed by atoms with van der Waals surface area (Å²) in [6.07, 6.45) is 11.6. The first-order valence-electron chi connectivity index (χ1n) is 7.93. The highest BCUT2D eigenvalue weighted by Gasteiger charge is 2.27. The third-order valence-corrected chi connectivity index (χ3v) is 4.29. The van der Waals surface area contributed by atoms with Gasteiger partial charge in [-0.25, -0.2) is 15.0 Å². The van der Waals surface area contributed by atoms with E-state index in [-0.39, 0.29) is 11.8 Å². The second kappa shape index (κ2) is 6.20. The number of rotatable bonds is 3. The van der Waals surface area contributed by atoms with Crippen molar-refractivity contribution < 1.29 is 4.79 Å². The molecule has 0 aliphatic carbocycles. The molecule has 3 aromatic rings. The number of aromatic nitrogens is 4. The van der Waals surface area contributed by atoms with Gasteiger partial charge in [-0.05, 0) is 24.1 Å². The number of anilines is 1. The topological polar surface area (TPSA) is 99.2 Å². The Balaban J connectivity index is 1.53. The lowest BCUT2D eigenvalue weighted by Crippen LogP contribution is -2.25. The molecule has 0 radical (unpaired) electrons. The molecule has 8 heteroatoms. The Kier molecular flexibility index (Phi) is 3.74. The molecule has 0 spiro atoms. The number of amides is 1. The van der Waals surface area contributed by atoms with Crippen molar-refractivity contribution in [3.63, 3.8) is 0 Å². The van der Waals surface area contributed by atoms with Crippen LogP contribution in [0.25, 0.3) is 16.9 Å². The minimum Gasteiger partial charge on any atom is -0.310 e. The van der Waals surface area contributed by atoms with E-state index in [4.69, 9.17) is 5.26 Å². The number of nitrogens with one attached hydrogen (secondary N) is 1. The van der Waals surface area contributed by atoms with Gasteiger partial charge in [-0.15, -0.1) is 0 Å².